The normalized spacial score (nSPS) is 27.9. The Bertz CT molecular complexity index is 2160. The van der Waals surface area contributed by atoms with Crippen molar-refractivity contribution in [3.8, 4) is 0 Å². The second kappa shape index (κ2) is 23.2. The van der Waals surface area contributed by atoms with E-state index in [1.165, 1.54) is 0 Å². The van der Waals surface area contributed by atoms with Crippen molar-refractivity contribution < 1.29 is 69.5 Å². The first-order valence-corrected chi connectivity index (χ1v) is 21.4. The number of hydrogen-bond acceptors (Lipinski definition) is 15. The van der Waals surface area contributed by atoms with Crippen LogP contribution in [-0.4, -0.2) is 175 Å². The fourth-order valence-electron chi connectivity index (χ4n) is 7.92. The summed E-state index contributed by atoms with van der Waals surface area (Å²) < 4.78 is 10.8. The van der Waals surface area contributed by atoms with Crippen LogP contribution in [0.25, 0.3) is 10.9 Å². The number of carbonyl (C=O) groups is 4. The van der Waals surface area contributed by atoms with Gasteiger partial charge in [0.1, 0.15) is 54.8 Å². The van der Waals surface area contributed by atoms with E-state index < -0.39 is 129 Å². The maximum absolute atomic E-state index is 14.3. The van der Waals surface area contributed by atoms with E-state index in [0.717, 1.165) is 22.0 Å². The number of aliphatic hydroxyl groups is 8. The van der Waals surface area contributed by atoms with Crippen molar-refractivity contribution in [1.29, 1.82) is 0 Å². The zero-order chi connectivity index (χ0) is 46.6. The zero-order valence-electron chi connectivity index (χ0n) is 35.3. The van der Waals surface area contributed by atoms with Gasteiger partial charge in [0.15, 0.2) is 6.29 Å². The Morgan fingerprint density at radius 1 is 0.708 bits per heavy atom. The van der Waals surface area contributed by atoms with Crippen LogP contribution in [0, 0.1) is 0 Å². The minimum absolute atomic E-state index is 0.0177. The first-order valence-electron chi connectivity index (χ1n) is 21.4. The van der Waals surface area contributed by atoms with E-state index in [0.29, 0.717) is 5.56 Å². The molecule has 2 aliphatic rings. The molecule has 2 fully saturated rings. The summed E-state index contributed by atoms with van der Waals surface area (Å²) in [5.74, 6) is -2.73. The molecular formula is C45H58N6O14. The lowest BCUT2D eigenvalue weighted by Crippen LogP contribution is -2.62. The van der Waals surface area contributed by atoms with Crippen molar-refractivity contribution in [2.45, 2.75) is 105 Å². The third kappa shape index (κ3) is 12.9. The van der Waals surface area contributed by atoms with Gasteiger partial charge in [-0.15, -0.1) is 0 Å². The summed E-state index contributed by atoms with van der Waals surface area (Å²) >= 11 is 0. The molecule has 4 amide bonds. The first-order chi connectivity index (χ1) is 31.3. The maximum atomic E-state index is 14.3. The van der Waals surface area contributed by atoms with E-state index in [4.69, 9.17) is 9.47 Å². The van der Waals surface area contributed by atoms with E-state index in [-0.39, 0.29) is 25.8 Å². The summed E-state index contributed by atoms with van der Waals surface area (Å²) in [5.41, 5.74) is 3.06. The second-order valence-corrected chi connectivity index (χ2v) is 16.3. The number of aliphatic hydroxyl groups excluding tert-OH is 8. The summed E-state index contributed by atoms with van der Waals surface area (Å²) in [7, 11) is 0. The minimum Gasteiger partial charge on any atom is -0.394 e. The van der Waals surface area contributed by atoms with Gasteiger partial charge in [-0.1, -0.05) is 78.9 Å². The number of aromatic nitrogens is 1. The second-order valence-electron chi connectivity index (χ2n) is 16.3. The van der Waals surface area contributed by atoms with Crippen molar-refractivity contribution in [2.24, 2.45) is 0 Å². The Labute approximate surface area is 374 Å². The van der Waals surface area contributed by atoms with Crippen molar-refractivity contribution >= 4 is 34.5 Å². The van der Waals surface area contributed by atoms with Gasteiger partial charge in [-0.25, -0.2) is 0 Å². The molecule has 65 heavy (non-hydrogen) atoms. The van der Waals surface area contributed by atoms with Gasteiger partial charge in [0, 0.05) is 43.0 Å². The Morgan fingerprint density at radius 3 is 2.02 bits per heavy atom. The third-order valence-corrected chi connectivity index (χ3v) is 11.6. The topological polar surface area (TPSA) is 325 Å². The van der Waals surface area contributed by atoms with Crippen LogP contribution in [0.5, 0.6) is 0 Å². The molecule has 13 atom stereocenters. The molecule has 0 spiro atoms. The van der Waals surface area contributed by atoms with Gasteiger partial charge in [0.05, 0.1) is 37.8 Å². The van der Waals surface area contributed by atoms with Gasteiger partial charge >= 0.3 is 0 Å². The number of benzene rings is 3. The van der Waals surface area contributed by atoms with Crippen LogP contribution in [0.3, 0.4) is 0 Å². The molecule has 0 aliphatic carbocycles. The molecule has 352 valence electrons. The number of para-hydroxylation sites is 1. The first kappa shape index (κ1) is 49.1. The SMILES string of the molecule is O=C1C[C@@H](NC[C@H](O)[C@@H](O)[C@H](O[C@@H]2O[C@H](CO)[C@H](O)[C@H](O)[C@H]2O)[C@H](O)CO)C(=O)NC[C@@H](Cc2ccccc2)NC(=O)[C@H](Cc2ccccc2)NC(=O)[C@H](Cc2c[nH]c3ccccc23)N1. The van der Waals surface area contributed by atoms with Crippen LogP contribution in [-0.2, 0) is 47.9 Å². The molecule has 20 heteroatoms. The lowest BCUT2D eigenvalue weighted by atomic mass is 9.98. The molecule has 3 heterocycles. The summed E-state index contributed by atoms with van der Waals surface area (Å²) in [6.07, 6.45) is -15.3. The predicted octanol–water partition coefficient (Wildman–Crippen LogP) is -3.61. The molecule has 0 saturated carbocycles. The van der Waals surface area contributed by atoms with Crippen molar-refractivity contribution in [3.63, 3.8) is 0 Å². The Kier molecular flexibility index (Phi) is 17.5. The number of H-pyrrole nitrogens is 1. The van der Waals surface area contributed by atoms with E-state index in [1.54, 1.807) is 6.20 Å². The van der Waals surface area contributed by atoms with Gasteiger partial charge in [-0.2, -0.15) is 0 Å². The van der Waals surface area contributed by atoms with E-state index in [1.807, 2.05) is 84.9 Å². The van der Waals surface area contributed by atoms with Crippen molar-refractivity contribution in [3.05, 3.63) is 108 Å². The Hall–Kier alpha value is -5.36. The number of fused-ring (bicyclic) bond motifs is 1. The molecule has 1 aromatic heterocycles. The number of hydrogen-bond donors (Lipinski definition) is 14. The van der Waals surface area contributed by atoms with Crippen molar-refractivity contribution in [1.82, 2.24) is 31.6 Å². The van der Waals surface area contributed by atoms with Crippen LogP contribution in [0.1, 0.15) is 23.1 Å². The van der Waals surface area contributed by atoms with E-state index >= 15 is 0 Å². The number of rotatable bonds is 16. The van der Waals surface area contributed by atoms with Gasteiger partial charge in [0.25, 0.3) is 0 Å². The average molecular weight is 907 g/mol. The zero-order valence-corrected chi connectivity index (χ0v) is 35.3. The van der Waals surface area contributed by atoms with Crippen LogP contribution < -0.4 is 26.6 Å². The Balaban J connectivity index is 1.26. The number of carbonyl (C=O) groups excluding carboxylic acids is 4. The Morgan fingerprint density at radius 2 is 1.34 bits per heavy atom. The molecule has 2 aliphatic heterocycles. The fourth-order valence-corrected chi connectivity index (χ4v) is 7.92. The fraction of sp³-hybridized carbons (Fsp3) is 0.467. The molecule has 2 saturated heterocycles. The monoisotopic (exact) mass is 906 g/mol. The molecule has 14 N–H and O–H groups in total. The molecule has 20 nitrogen and oxygen atoms in total. The molecule has 0 bridgehead atoms. The predicted molar refractivity (Wildman–Crippen MR) is 231 cm³/mol. The average Bonchev–Trinajstić information content (AvgIpc) is 3.72. The smallest absolute Gasteiger partial charge is 0.243 e. The summed E-state index contributed by atoms with van der Waals surface area (Å²) in [5, 5.41) is 98.2. The molecule has 0 radical (unpaired) electrons. The van der Waals surface area contributed by atoms with E-state index in [2.05, 4.69) is 31.6 Å². The minimum atomic E-state index is -2.09. The van der Waals surface area contributed by atoms with Crippen LogP contribution in [0.2, 0.25) is 0 Å². The van der Waals surface area contributed by atoms with Crippen LogP contribution >= 0.6 is 0 Å². The highest BCUT2D eigenvalue weighted by molar-refractivity contribution is 5.95. The lowest BCUT2D eigenvalue weighted by molar-refractivity contribution is -0.327. The number of amides is 4. The quantitative estimate of drug-likeness (QED) is 0.0517. The standard InChI is InChI=1S/C45H58N6O14/c52-22-34(55)41(65-45-40(60)39(59)38(58)35(23-53)64-45)37(57)33(54)21-47-30-18-36(56)50-32(17-26-19-46-29-14-8-7-13-28(26)29)44(63)51-31(16-25-11-5-2-6-12-25)43(62)49-27(20-48-42(30)61)15-24-9-3-1-4-10-24/h1-14,19,27,30-35,37-41,45-47,52-55,57-60H,15-18,20-23H2,(H,48,61)(H,49,62)(H,50,56)(H,51,63)/t27-,30-,31+,32+,33+,34-,35-,37-,38+,39+,40-,41-,45+/m1/s1. The van der Waals surface area contributed by atoms with Crippen molar-refractivity contribution in [2.75, 3.05) is 26.3 Å². The van der Waals surface area contributed by atoms with Gasteiger partial charge < -0.3 is 81.9 Å². The molecule has 4 aromatic rings. The largest absolute Gasteiger partial charge is 0.394 e. The lowest BCUT2D eigenvalue weighted by Gasteiger charge is -2.42. The summed E-state index contributed by atoms with van der Waals surface area (Å²) in [6, 6.07) is 21.1. The van der Waals surface area contributed by atoms with Gasteiger partial charge in [-0.05, 0) is 29.2 Å². The number of aromatic amines is 1. The molecule has 6 rings (SSSR count). The highest BCUT2D eigenvalue weighted by Gasteiger charge is 2.47. The van der Waals surface area contributed by atoms with Crippen LogP contribution in [0.4, 0.5) is 0 Å². The molecular weight excluding hydrogens is 849 g/mol. The highest BCUT2D eigenvalue weighted by atomic mass is 16.7. The summed E-state index contributed by atoms with van der Waals surface area (Å²) in [6.45, 7) is -2.63. The van der Waals surface area contributed by atoms with Crippen LogP contribution in [0.15, 0.2) is 91.1 Å². The number of ether oxygens (including phenoxy) is 2. The number of nitrogens with one attached hydrogen (secondary N) is 6. The van der Waals surface area contributed by atoms with E-state index in [9.17, 15) is 60.0 Å². The highest BCUT2D eigenvalue weighted by Crippen LogP contribution is 2.25. The van der Waals surface area contributed by atoms with Gasteiger partial charge in [-0.3, -0.25) is 19.2 Å². The summed E-state index contributed by atoms with van der Waals surface area (Å²) in [4.78, 5) is 59.7. The van der Waals surface area contributed by atoms with Gasteiger partial charge in [0.2, 0.25) is 23.6 Å². The molecule has 0 unspecified atom stereocenters. The molecule has 3 aromatic carbocycles. The third-order valence-electron chi connectivity index (χ3n) is 11.6. The maximum Gasteiger partial charge on any atom is 0.243 e.